The van der Waals surface area contributed by atoms with Gasteiger partial charge in [-0.1, -0.05) is 29.3 Å². The third-order valence-electron chi connectivity index (χ3n) is 3.22. The Bertz CT molecular complexity index is 502. The van der Waals surface area contributed by atoms with E-state index in [4.69, 9.17) is 28.3 Å². The molecule has 0 saturated carbocycles. The Morgan fingerprint density at radius 1 is 1.47 bits per heavy atom. The van der Waals surface area contributed by atoms with Gasteiger partial charge in [-0.15, -0.1) is 0 Å². The quantitative estimate of drug-likeness (QED) is 0.872. The predicted octanol–water partition coefficient (Wildman–Crippen LogP) is 2.85. The smallest absolute Gasteiger partial charge is 0.246 e. The molecule has 19 heavy (non-hydrogen) atoms. The maximum absolute atomic E-state index is 11.9. The molecule has 0 aromatic heterocycles. The normalized spacial score (nSPS) is 19.3. The van der Waals surface area contributed by atoms with Crippen molar-refractivity contribution < 1.29 is 9.90 Å². The van der Waals surface area contributed by atoms with Gasteiger partial charge in [0.05, 0.1) is 0 Å². The fraction of sp³-hybridized carbons (Fsp3) is 0.357. The summed E-state index contributed by atoms with van der Waals surface area (Å²) in [5.41, 5.74) is 0.761. The Labute approximate surface area is 122 Å². The van der Waals surface area contributed by atoms with Crippen LogP contribution in [0.15, 0.2) is 24.3 Å². The zero-order chi connectivity index (χ0) is 13.8. The molecule has 1 heterocycles. The molecule has 2 rings (SSSR count). The molecule has 5 heteroatoms. The van der Waals surface area contributed by atoms with Crippen LogP contribution in [-0.4, -0.2) is 35.6 Å². The molecule has 1 atom stereocenters. The highest BCUT2D eigenvalue weighted by molar-refractivity contribution is 6.35. The van der Waals surface area contributed by atoms with Crippen molar-refractivity contribution in [2.24, 2.45) is 5.92 Å². The first-order valence-corrected chi connectivity index (χ1v) is 6.88. The van der Waals surface area contributed by atoms with Crippen molar-refractivity contribution >= 4 is 35.2 Å². The van der Waals surface area contributed by atoms with E-state index >= 15 is 0 Å². The second-order valence-corrected chi connectivity index (χ2v) is 5.46. The summed E-state index contributed by atoms with van der Waals surface area (Å²) in [6.07, 6.45) is 4.06. The molecule has 1 unspecified atom stereocenters. The van der Waals surface area contributed by atoms with E-state index in [1.807, 2.05) is 0 Å². The number of likely N-dealkylation sites (tertiary alicyclic amines) is 1. The molecule has 1 amide bonds. The minimum atomic E-state index is -0.0537. The summed E-state index contributed by atoms with van der Waals surface area (Å²) in [7, 11) is 0. The highest BCUT2D eigenvalue weighted by Gasteiger charge is 2.24. The Hall–Kier alpha value is -1.03. The third-order valence-corrected chi connectivity index (χ3v) is 3.79. The van der Waals surface area contributed by atoms with Crippen LogP contribution in [0.5, 0.6) is 0 Å². The fourth-order valence-electron chi connectivity index (χ4n) is 2.08. The zero-order valence-corrected chi connectivity index (χ0v) is 11.9. The van der Waals surface area contributed by atoms with Crippen LogP contribution >= 0.6 is 23.2 Å². The van der Waals surface area contributed by atoms with E-state index in [2.05, 4.69) is 0 Å². The van der Waals surface area contributed by atoms with Gasteiger partial charge in [0.25, 0.3) is 0 Å². The number of hydrogen-bond acceptors (Lipinski definition) is 2. The molecule has 1 fully saturated rings. The van der Waals surface area contributed by atoms with Crippen molar-refractivity contribution in [2.75, 3.05) is 19.7 Å². The minimum Gasteiger partial charge on any atom is -0.396 e. The monoisotopic (exact) mass is 299 g/mol. The summed E-state index contributed by atoms with van der Waals surface area (Å²) in [6, 6.07) is 5.15. The molecule has 0 aliphatic carbocycles. The Morgan fingerprint density at radius 3 is 2.89 bits per heavy atom. The second kappa shape index (κ2) is 6.42. The van der Waals surface area contributed by atoms with E-state index < -0.39 is 0 Å². The number of hydrogen-bond donors (Lipinski definition) is 1. The Morgan fingerprint density at radius 2 is 2.26 bits per heavy atom. The van der Waals surface area contributed by atoms with Gasteiger partial charge in [-0.05, 0) is 30.2 Å². The summed E-state index contributed by atoms with van der Waals surface area (Å²) < 4.78 is 0. The first-order valence-electron chi connectivity index (χ1n) is 6.13. The van der Waals surface area contributed by atoms with Gasteiger partial charge in [-0.2, -0.15) is 0 Å². The van der Waals surface area contributed by atoms with Gasteiger partial charge >= 0.3 is 0 Å². The van der Waals surface area contributed by atoms with Crippen LogP contribution in [0.3, 0.4) is 0 Å². The van der Waals surface area contributed by atoms with Crippen LogP contribution in [0, 0.1) is 5.92 Å². The standard InChI is InChI=1S/C14H15Cl2NO2/c15-12-3-1-11(13(16)7-12)2-4-14(19)17-6-5-10(8-17)9-18/h1-4,7,10,18H,5-6,8-9H2. The average molecular weight is 300 g/mol. The SMILES string of the molecule is O=C(C=Cc1ccc(Cl)cc1Cl)N1CCC(CO)C1. The molecule has 1 saturated heterocycles. The topological polar surface area (TPSA) is 40.5 Å². The molecule has 3 nitrogen and oxygen atoms in total. The van der Waals surface area contributed by atoms with Crippen molar-refractivity contribution in [1.29, 1.82) is 0 Å². The molecule has 0 radical (unpaired) electrons. The average Bonchev–Trinajstić information content (AvgIpc) is 2.86. The molecule has 102 valence electrons. The van der Waals surface area contributed by atoms with Crippen LogP contribution in [0.25, 0.3) is 6.08 Å². The number of rotatable bonds is 3. The Balaban J connectivity index is 2.00. The molecule has 1 aromatic carbocycles. The van der Waals surface area contributed by atoms with Crippen molar-refractivity contribution in [3.8, 4) is 0 Å². The van der Waals surface area contributed by atoms with E-state index in [0.29, 0.717) is 23.1 Å². The summed E-state index contributed by atoms with van der Waals surface area (Å²) in [5, 5.41) is 10.1. The molecular formula is C14H15Cl2NO2. The van der Waals surface area contributed by atoms with E-state index in [0.717, 1.165) is 12.0 Å². The van der Waals surface area contributed by atoms with Gasteiger partial charge in [0.1, 0.15) is 0 Å². The van der Waals surface area contributed by atoms with Crippen LogP contribution < -0.4 is 0 Å². The first kappa shape index (κ1) is 14.4. The highest BCUT2D eigenvalue weighted by atomic mass is 35.5. The Kier molecular flexibility index (Phi) is 4.86. The second-order valence-electron chi connectivity index (χ2n) is 4.62. The zero-order valence-electron chi connectivity index (χ0n) is 10.4. The summed E-state index contributed by atoms with van der Waals surface area (Å²) in [4.78, 5) is 13.7. The number of benzene rings is 1. The maximum atomic E-state index is 11.9. The first-order chi connectivity index (χ1) is 9.10. The summed E-state index contributed by atoms with van der Waals surface area (Å²) >= 11 is 11.8. The van der Waals surface area contributed by atoms with Crippen LogP contribution in [0.4, 0.5) is 0 Å². The number of nitrogens with zero attached hydrogens (tertiary/aromatic N) is 1. The fourth-order valence-corrected chi connectivity index (χ4v) is 2.56. The molecule has 1 N–H and O–H groups in total. The predicted molar refractivity (Wildman–Crippen MR) is 77.3 cm³/mol. The summed E-state index contributed by atoms with van der Waals surface area (Å²) in [5.74, 6) is 0.151. The molecule has 1 aliphatic heterocycles. The number of aliphatic hydroxyl groups excluding tert-OH is 1. The van der Waals surface area contributed by atoms with Gasteiger partial charge < -0.3 is 10.0 Å². The highest BCUT2D eigenvalue weighted by Crippen LogP contribution is 2.22. The van der Waals surface area contributed by atoms with Gasteiger partial charge in [0, 0.05) is 41.7 Å². The molecular weight excluding hydrogens is 285 g/mol. The number of halogens is 2. The lowest BCUT2D eigenvalue weighted by Crippen LogP contribution is -2.27. The molecule has 1 aliphatic rings. The summed E-state index contributed by atoms with van der Waals surface area (Å²) in [6.45, 7) is 1.45. The maximum Gasteiger partial charge on any atom is 0.246 e. The van der Waals surface area contributed by atoms with E-state index in [1.165, 1.54) is 6.08 Å². The number of aliphatic hydroxyl groups is 1. The van der Waals surface area contributed by atoms with E-state index in [1.54, 1.807) is 29.2 Å². The molecule has 0 spiro atoms. The van der Waals surface area contributed by atoms with Gasteiger partial charge in [0.2, 0.25) is 5.91 Å². The van der Waals surface area contributed by atoms with Crippen molar-refractivity contribution in [3.05, 3.63) is 39.9 Å². The van der Waals surface area contributed by atoms with Gasteiger partial charge in [-0.25, -0.2) is 0 Å². The van der Waals surface area contributed by atoms with Crippen molar-refractivity contribution in [2.45, 2.75) is 6.42 Å². The molecule has 1 aromatic rings. The van der Waals surface area contributed by atoms with Gasteiger partial charge in [0.15, 0.2) is 0 Å². The third kappa shape index (κ3) is 3.72. The minimum absolute atomic E-state index is 0.0537. The van der Waals surface area contributed by atoms with E-state index in [-0.39, 0.29) is 18.4 Å². The van der Waals surface area contributed by atoms with Gasteiger partial charge in [-0.3, -0.25) is 4.79 Å². The molecule has 0 bridgehead atoms. The van der Waals surface area contributed by atoms with Crippen LogP contribution in [0.1, 0.15) is 12.0 Å². The van der Waals surface area contributed by atoms with Crippen molar-refractivity contribution in [3.63, 3.8) is 0 Å². The number of carbonyl (C=O) groups is 1. The van der Waals surface area contributed by atoms with Crippen LogP contribution in [-0.2, 0) is 4.79 Å². The van der Waals surface area contributed by atoms with Crippen LogP contribution in [0.2, 0.25) is 10.0 Å². The number of amides is 1. The van der Waals surface area contributed by atoms with Crippen molar-refractivity contribution in [1.82, 2.24) is 4.90 Å². The lowest BCUT2D eigenvalue weighted by atomic mass is 10.1. The lowest BCUT2D eigenvalue weighted by molar-refractivity contribution is -0.125. The lowest BCUT2D eigenvalue weighted by Gasteiger charge is -2.13. The number of carbonyl (C=O) groups excluding carboxylic acids is 1. The van der Waals surface area contributed by atoms with E-state index in [9.17, 15) is 4.79 Å². The largest absolute Gasteiger partial charge is 0.396 e.